The van der Waals surface area contributed by atoms with Crippen molar-refractivity contribution >= 4 is 17.7 Å². The Morgan fingerprint density at radius 1 is 1.50 bits per heavy atom. The minimum atomic E-state index is -4.98. The molecular weight excluding hydrogens is 413 g/mol. The van der Waals surface area contributed by atoms with Crippen molar-refractivity contribution in [2.75, 3.05) is 18.9 Å². The van der Waals surface area contributed by atoms with E-state index in [1.807, 2.05) is 0 Å². The molecule has 1 aromatic heterocycles. The summed E-state index contributed by atoms with van der Waals surface area (Å²) in [5.74, 6) is 2.25. The fraction of sp³-hybridized carbons (Fsp3) is 0.529. The number of aliphatic hydroxyl groups is 1. The average molecular weight is 432 g/mol. The normalized spacial score (nSPS) is 20.9. The molecule has 1 aliphatic heterocycles. The van der Waals surface area contributed by atoms with Gasteiger partial charge in [-0.15, -0.1) is 0 Å². The molecule has 0 saturated carbocycles. The van der Waals surface area contributed by atoms with Crippen molar-refractivity contribution in [3.05, 3.63) is 22.2 Å². The number of hydrogen-bond donors (Lipinski definition) is 3. The highest BCUT2D eigenvalue weighted by Gasteiger charge is 2.39. The number of aliphatic hydroxyl groups excluding tert-OH is 1. The summed E-state index contributed by atoms with van der Waals surface area (Å²) in [4.78, 5) is 37.7. The van der Waals surface area contributed by atoms with Gasteiger partial charge in [0.25, 0.3) is 0 Å². The molecule has 0 radical (unpaired) electrons. The number of nitrogens with two attached hydrogens (primary N) is 1. The number of halogens is 3. The van der Waals surface area contributed by atoms with Crippen LogP contribution in [0.25, 0.3) is 0 Å². The first-order valence-electron chi connectivity index (χ1n) is 8.69. The Morgan fingerprint density at radius 2 is 2.20 bits per heavy atom. The van der Waals surface area contributed by atoms with E-state index in [2.05, 4.69) is 16.8 Å². The van der Waals surface area contributed by atoms with Gasteiger partial charge in [0.15, 0.2) is 0 Å². The number of carbonyl (C=O) groups is 2. The van der Waals surface area contributed by atoms with Crippen molar-refractivity contribution in [2.24, 2.45) is 0 Å². The van der Waals surface area contributed by atoms with Crippen LogP contribution >= 0.6 is 0 Å². The number of carbonyl (C=O) groups excluding carboxylic acids is 2. The summed E-state index contributed by atoms with van der Waals surface area (Å²) in [6.45, 7) is 0.414. The zero-order valence-corrected chi connectivity index (χ0v) is 15.7. The minimum Gasteiger partial charge on any atom is -0.460 e. The highest BCUT2D eigenvalue weighted by atomic mass is 19.4. The molecule has 3 atom stereocenters. The van der Waals surface area contributed by atoms with E-state index in [1.54, 1.807) is 5.32 Å². The summed E-state index contributed by atoms with van der Waals surface area (Å²) >= 11 is 0. The lowest BCUT2D eigenvalue weighted by Crippen LogP contribution is -2.37. The summed E-state index contributed by atoms with van der Waals surface area (Å²) in [6.07, 6.45) is -6.27. The molecule has 0 aliphatic carbocycles. The Kier molecular flexibility index (Phi) is 7.41. The first-order chi connectivity index (χ1) is 14.0. The maximum absolute atomic E-state index is 12.2. The van der Waals surface area contributed by atoms with Crippen LogP contribution in [0.4, 0.5) is 19.0 Å². The average Bonchev–Trinajstić information content (AvgIpc) is 3.03. The van der Waals surface area contributed by atoms with E-state index >= 15 is 0 Å². The third kappa shape index (κ3) is 5.94. The van der Waals surface area contributed by atoms with Crippen molar-refractivity contribution in [2.45, 2.75) is 44.4 Å². The van der Waals surface area contributed by atoms with E-state index in [-0.39, 0.29) is 30.8 Å². The van der Waals surface area contributed by atoms with Gasteiger partial charge < -0.3 is 25.6 Å². The lowest BCUT2D eigenvalue weighted by molar-refractivity contribution is -0.173. The molecule has 0 aromatic carbocycles. The van der Waals surface area contributed by atoms with Gasteiger partial charge in [-0.3, -0.25) is 14.2 Å². The Hall–Kier alpha value is -3.11. The van der Waals surface area contributed by atoms with Gasteiger partial charge in [-0.05, 0) is 0 Å². The number of esters is 1. The monoisotopic (exact) mass is 432 g/mol. The predicted octanol–water partition coefficient (Wildman–Crippen LogP) is -0.543. The summed E-state index contributed by atoms with van der Waals surface area (Å²) in [7, 11) is 0. The molecule has 164 valence electrons. The number of nitrogens with one attached hydrogen (secondary N) is 1. The van der Waals surface area contributed by atoms with Crippen LogP contribution in [0.2, 0.25) is 0 Å². The van der Waals surface area contributed by atoms with Crippen LogP contribution in [0.3, 0.4) is 0 Å². The van der Waals surface area contributed by atoms with Crippen molar-refractivity contribution in [3.63, 3.8) is 0 Å². The molecular formula is C17H19F3N4O6. The lowest BCUT2D eigenvalue weighted by atomic mass is 10.2. The van der Waals surface area contributed by atoms with E-state index in [9.17, 15) is 32.7 Å². The van der Waals surface area contributed by atoms with Crippen LogP contribution in [0, 0.1) is 11.8 Å². The van der Waals surface area contributed by atoms with Gasteiger partial charge in [0.05, 0.1) is 12.2 Å². The van der Waals surface area contributed by atoms with E-state index < -0.39 is 48.8 Å². The number of aromatic nitrogens is 2. The minimum absolute atomic E-state index is 0.0760. The molecule has 2 rings (SSSR count). The Balaban J connectivity index is 2.11. The van der Waals surface area contributed by atoms with Crippen LogP contribution in [0.15, 0.2) is 11.0 Å². The van der Waals surface area contributed by atoms with Gasteiger partial charge in [0, 0.05) is 32.5 Å². The van der Waals surface area contributed by atoms with Gasteiger partial charge in [-0.25, -0.2) is 4.79 Å². The summed E-state index contributed by atoms with van der Waals surface area (Å²) in [5, 5.41) is 11.0. The molecule has 13 heteroatoms. The predicted molar refractivity (Wildman–Crippen MR) is 94.6 cm³/mol. The number of ether oxygens (including phenoxy) is 2. The molecule has 0 bridgehead atoms. The van der Waals surface area contributed by atoms with Crippen molar-refractivity contribution < 1.29 is 37.3 Å². The van der Waals surface area contributed by atoms with Gasteiger partial charge in [-0.2, -0.15) is 18.2 Å². The number of hydrogen-bond acceptors (Lipinski definition) is 8. The maximum Gasteiger partial charge on any atom is 0.471 e. The number of alkyl halides is 3. The van der Waals surface area contributed by atoms with Crippen molar-refractivity contribution in [3.8, 4) is 11.8 Å². The zero-order chi connectivity index (χ0) is 22.5. The highest BCUT2D eigenvalue weighted by Crippen LogP contribution is 2.30. The summed E-state index contributed by atoms with van der Waals surface area (Å²) < 4.78 is 48.0. The zero-order valence-electron chi connectivity index (χ0n) is 15.7. The molecule has 1 amide bonds. The molecule has 1 saturated heterocycles. The molecule has 1 aromatic rings. The fourth-order valence-corrected chi connectivity index (χ4v) is 2.65. The Bertz CT molecular complexity index is 921. The first kappa shape index (κ1) is 23.2. The van der Waals surface area contributed by atoms with Gasteiger partial charge in [-0.1, -0.05) is 11.8 Å². The van der Waals surface area contributed by atoms with Crippen LogP contribution in [0.5, 0.6) is 0 Å². The van der Waals surface area contributed by atoms with Gasteiger partial charge >= 0.3 is 23.7 Å². The summed E-state index contributed by atoms with van der Waals surface area (Å²) in [5.41, 5.74) is 5.00. The van der Waals surface area contributed by atoms with Gasteiger partial charge in [0.1, 0.15) is 24.3 Å². The first-order valence-corrected chi connectivity index (χ1v) is 8.69. The quantitative estimate of drug-likeness (QED) is 0.319. The van der Waals surface area contributed by atoms with Gasteiger partial charge in [0.2, 0.25) is 0 Å². The number of amides is 1. The second-order valence-corrected chi connectivity index (χ2v) is 6.23. The second kappa shape index (κ2) is 9.59. The van der Waals surface area contributed by atoms with Crippen LogP contribution < -0.4 is 16.7 Å². The molecule has 10 nitrogen and oxygen atoms in total. The highest BCUT2D eigenvalue weighted by molar-refractivity contribution is 5.81. The van der Waals surface area contributed by atoms with Crippen LogP contribution in [-0.4, -0.2) is 58.1 Å². The van der Waals surface area contributed by atoms with Crippen LogP contribution in [0.1, 0.15) is 31.6 Å². The molecule has 0 unspecified atom stereocenters. The maximum atomic E-state index is 12.2. The molecule has 1 aliphatic rings. The number of rotatable bonds is 5. The third-order valence-electron chi connectivity index (χ3n) is 3.99. The van der Waals surface area contributed by atoms with E-state index in [0.29, 0.717) is 0 Å². The smallest absolute Gasteiger partial charge is 0.460 e. The standard InChI is InChI=1S/C17H19F3N4O6/c1-9(26)29-11-6-13(30-12(11)8-25)24-7-10(14(21)23-16(24)28)4-2-3-5-22-15(27)17(18,19)20/h7,11-13,25H,3,5-6,8H2,1H3,(H,22,27)(H2,21,23,28)/t11-,12+,13+/m0/s1. The topological polar surface area (TPSA) is 146 Å². The Morgan fingerprint density at radius 3 is 2.80 bits per heavy atom. The van der Waals surface area contributed by atoms with E-state index in [1.165, 1.54) is 13.1 Å². The molecule has 1 fully saturated rings. The summed E-state index contributed by atoms with van der Waals surface area (Å²) in [6, 6.07) is 0. The largest absolute Gasteiger partial charge is 0.471 e. The number of nitrogens with zero attached hydrogens (tertiary/aromatic N) is 2. The van der Waals surface area contributed by atoms with E-state index in [0.717, 1.165) is 4.57 Å². The molecule has 0 spiro atoms. The SMILES string of the molecule is CC(=O)O[C@H]1C[C@H](n2cc(C#CCCNC(=O)C(F)(F)F)c(N)nc2=O)O[C@@H]1CO. The molecule has 2 heterocycles. The molecule has 4 N–H and O–H groups in total. The van der Waals surface area contributed by atoms with Crippen molar-refractivity contribution in [1.82, 2.24) is 14.9 Å². The third-order valence-corrected chi connectivity index (χ3v) is 3.99. The number of nitrogen functional groups attached to an aromatic ring is 1. The second-order valence-electron chi connectivity index (χ2n) is 6.23. The van der Waals surface area contributed by atoms with Crippen LogP contribution in [-0.2, 0) is 19.1 Å². The Labute approximate surface area is 168 Å². The van der Waals surface area contributed by atoms with E-state index in [4.69, 9.17) is 15.2 Å². The molecule has 30 heavy (non-hydrogen) atoms. The number of anilines is 1. The fourth-order valence-electron chi connectivity index (χ4n) is 2.65. The lowest BCUT2D eigenvalue weighted by Gasteiger charge is -2.15. The van der Waals surface area contributed by atoms with Crippen molar-refractivity contribution in [1.29, 1.82) is 0 Å².